The Balaban J connectivity index is 3.02. The lowest BCUT2D eigenvalue weighted by Gasteiger charge is -2.14. The van der Waals surface area contributed by atoms with Gasteiger partial charge >= 0.3 is 5.97 Å². The van der Waals surface area contributed by atoms with Crippen molar-refractivity contribution in [1.29, 1.82) is 0 Å². The Bertz CT molecular complexity index is 321. The molecule has 0 fully saturated rings. The van der Waals surface area contributed by atoms with Gasteiger partial charge in [0.05, 0.1) is 11.1 Å². The van der Waals surface area contributed by atoms with E-state index in [0.717, 1.165) is 0 Å². The van der Waals surface area contributed by atoms with Crippen LogP contribution in [0.4, 0.5) is 0 Å². The van der Waals surface area contributed by atoms with Crippen LogP contribution in [0.2, 0.25) is 0 Å². The maximum Gasteiger partial charge on any atom is 0.350 e. The van der Waals surface area contributed by atoms with Gasteiger partial charge < -0.3 is 4.74 Å². The SMILES string of the molecule is CCOC(=O)C1=C(Br)C(C)(C)OS1=O. The second kappa shape index (κ2) is 4.12. The van der Waals surface area contributed by atoms with E-state index in [1.54, 1.807) is 20.8 Å². The number of ether oxygens (including phenoxy) is 1. The van der Waals surface area contributed by atoms with Gasteiger partial charge in [-0.3, -0.25) is 4.18 Å². The number of carbonyl (C=O) groups is 1. The third kappa shape index (κ3) is 2.07. The van der Waals surface area contributed by atoms with E-state index < -0.39 is 22.7 Å². The van der Waals surface area contributed by atoms with Gasteiger partial charge in [0.15, 0.2) is 16.0 Å². The third-order valence-electron chi connectivity index (χ3n) is 1.64. The zero-order chi connectivity index (χ0) is 10.9. The van der Waals surface area contributed by atoms with Crippen molar-refractivity contribution < 1.29 is 17.9 Å². The lowest BCUT2D eigenvalue weighted by atomic mass is 10.1. The average molecular weight is 283 g/mol. The highest BCUT2D eigenvalue weighted by atomic mass is 79.9. The normalized spacial score (nSPS) is 25.3. The molecule has 1 aliphatic rings. The fourth-order valence-electron chi connectivity index (χ4n) is 0.968. The molecule has 1 atom stereocenters. The number of hydrogen-bond donors (Lipinski definition) is 0. The first-order valence-electron chi connectivity index (χ1n) is 4.08. The van der Waals surface area contributed by atoms with E-state index in [1.807, 2.05) is 0 Å². The van der Waals surface area contributed by atoms with Gasteiger partial charge in [0, 0.05) is 0 Å². The molecule has 0 N–H and O–H groups in total. The average Bonchev–Trinajstić information content (AvgIpc) is 2.22. The number of hydrogen-bond acceptors (Lipinski definition) is 4. The zero-order valence-electron chi connectivity index (χ0n) is 8.13. The summed E-state index contributed by atoms with van der Waals surface area (Å²) in [6, 6.07) is 0. The van der Waals surface area contributed by atoms with E-state index in [4.69, 9.17) is 8.92 Å². The quantitative estimate of drug-likeness (QED) is 0.723. The molecular weight excluding hydrogens is 272 g/mol. The van der Waals surface area contributed by atoms with Crippen molar-refractivity contribution in [1.82, 2.24) is 0 Å². The van der Waals surface area contributed by atoms with Crippen LogP contribution >= 0.6 is 15.9 Å². The number of esters is 1. The largest absolute Gasteiger partial charge is 0.462 e. The van der Waals surface area contributed by atoms with Gasteiger partial charge in [-0.25, -0.2) is 9.00 Å². The highest BCUT2D eigenvalue weighted by molar-refractivity contribution is 9.12. The van der Waals surface area contributed by atoms with Crippen LogP contribution in [-0.2, 0) is 24.8 Å². The van der Waals surface area contributed by atoms with Crippen LogP contribution < -0.4 is 0 Å². The predicted molar refractivity (Wildman–Crippen MR) is 55.9 cm³/mol. The maximum atomic E-state index is 11.4. The van der Waals surface area contributed by atoms with E-state index in [2.05, 4.69) is 15.9 Å². The van der Waals surface area contributed by atoms with Gasteiger partial charge in [-0.05, 0) is 20.8 Å². The molecule has 4 nitrogen and oxygen atoms in total. The lowest BCUT2D eigenvalue weighted by Crippen LogP contribution is -2.19. The molecule has 0 spiro atoms. The van der Waals surface area contributed by atoms with E-state index in [0.29, 0.717) is 4.48 Å². The summed E-state index contributed by atoms with van der Waals surface area (Å²) in [7, 11) is 0. The zero-order valence-corrected chi connectivity index (χ0v) is 10.5. The van der Waals surface area contributed by atoms with E-state index >= 15 is 0 Å². The van der Waals surface area contributed by atoms with Crippen LogP contribution in [0.3, 0.4) is 0 Å². The van der Waals surface area contributed by atoms with Crippen LogP contribution in [0.5, 0.6) is 0 Å². The molecule has 0 aromatic heterocycles. The van der Waals surface area contributed by atoms with Gasteiger partial charge in [0.1, 0.15) is 5.60 Å². The van der Waals surface area contributed by atoms with Gasteiger partial charge in [0.2, 0.25) is 0 Å². The number of halogens is 1. The van der Waals surface area contributed by atoms with Crippen molar-refractivity contribution in [3.8, 4) is 0 Å². The maximum absolute atomic E-state index is 11.4. The Kier molecular flexibility index (Phi) is 3.49. The van der Waals surface area contributed by atoms with Crippen molar-refractivity contribution in [3.63, 3.8) is 0 Å². The van der Waals surface area contributed by atoms with E-state index in [-0.39, 0.29) is 11.5 Å². The smallest absolute Gasteiger partial charge is 0.350 e. The van der Waals surface area contributed by atoms with Crippen LogP contribution in [0, 0.1) is 0 Å². The van der Waals surface area contributed by atoms with Gasteiger partial charge in [-0.15, -0.1) is 0 Å². The molecule has 0 saturated heterocycles. The van der Waals surface area contributed by atoms with Gasteiger partial charge in [-0.2, -0.15) is 0 Å². The molecule has 1 aliphatic heterocycles. The Labute approximate surface area is 93.4 Å². The molecule has 1 heterocycles. The van der Waals surface area contributed by atoms with Crippen LogP contribution in [-0.4, -0.2) is 22.4 Å². The number of carbonyl (C=O) groups excluding carboxylic acids is 1. The molecule has 0 saturated carbocycles. The first kappa shape index (κ1) is 11.9. The molecule has 0 bridgehead atoms. The standard InChI is InChI=1S/C8H11BrO4S/c1-4-12-7(10)5-6(9)8(2,3)13-14(5)11/h4H2,1-3H3. The molecule has 0 aliphatic carbocycles. The summed E-state index contributed by atoms with van der Waals surface area (Å²) in [5.74, 6) is -0.594. The first-order chi connectivity index (χ1) is 6.40. The summed E-state index contributed by atoms with van der Waals surface area (Å²) >= 11 is 1.46. The van der Waals surface area contributed by atoms with Crippen LogP contribution in [0.25, 0.3) is 0 Å². The monoisotopic (exact) mass is 282 g/mol. The Hall–Kier alpha value is -0.200. The van der Waals surface area contributed by atoms with Crippen LogP contribution in [0.1, 0.15) is 20.8 Å². The van der Waals surface area contributed by atoms with Gasteiger partial charge in [0.25, 0.3) is 0 Å². The summed E-state index contributed by atoms with van der Waals surface area (Å²) < 4.78 is 21.8. The molecule has 1 rings (SSSR count). The first-order valence-corrected chi connectivity index (χ1v) is 5.95. The van der Waals surface area contributed by atoms with Crippen molar-refractivity contribution in [2.24, 2.45) is 0 Å². The minimum Gasteiger partial charge on any atom is -0.462 e. The third-order valence-corrected chi connectivity index (χ3v) is 4.53. The minimum atomic E-state index is -1.73. The van der Waals surface area contributed by atoms with E-state index in [9.17, 15) is 9.00 Å². The van der Waals surface area contributed by atoms with Crippen molar-refractivity contribution in [3.05, 3.63) is 9.39 Å². The topological polar surface area (TPSA) is 52.6 Å². The summed E-state index contributed by atoms with van der Waals surface area (Å²) in [5, 5.41) is 0. The number of rotatable bonds is 2. The Morgan fingerprint density at radius 1 is 1.64 bits per heavy atom. The van der Waals surface area contributed by atoms with E-state index in [1.165, 1.54) is 0 Å². The molecule has 0 aromatic rings. The fraction of sp³-hybridized carbons (Fsp3) is 0.625. The Morgan fingerprint density at radius 2 is 2.21 bits per heavy atom. The molecule has 1 unspecified atom stereocenters. The molecule has 80 valence electrons. The molecular formula is C8H11BrO4S. The molecule has 6 heteroatoms. The Morgan fingerprint density at radius 3 is 2.57 bits per heavy atom. The van der Waals surface area contributed by atoms with Gasteiger partial charge in [-0.1, -0.05) is 15.9 Å². The predicted octanol–water partition coefficient (Wildman–Crippen LogP) is 1.63. The molecule has 0 radical (unpaired) electrons. The minimum absolute atomic E-state index is 0.0665. The summed E-state index contributed by atoms with van der Waals surface area (Å²) in [6.07, 6.45) is 0. The highest BCUT2D eigenvalue weighted by Crippen LogP contribution is 2.39. The molecule has 0 aromatic carbocycles. The second-order valence-electron chi connectivity index (χ2n) is 3.19. The summed E-state index contributed by atoms with van der Waals surface area (Å²) in [6.45, 7) is 5.39. The van der Waals surface area contributed by atoms with Crippen molar-refractivity contribution in [2.45, 2.75) is 26.4 Å². The van der Waals surface area contributed by atoms with Crippen LogP contribution in [0.15, 0.2) is 9.39 Å². The van der Waals surface area contributed by atoms with Crippen molar-refractivity contribution >= 4 is 33.0 Å². The second-order valence-corrected chi connectivity index (χ2v) is 5.03. The highest BCUT2D eigenvalue weighted by Gasteiger charge is 2.42. The molecule has 14 heavy (non-hydrogen) atoms. The summed E-state index contributed by atoms with van der Waals surface area (Å²) in [4.78, 5) is 11.4. The molecule has 0 amide bonds. The van der Waals surface area contributed by atoms with Crippen molar-refractivity contribution in [2.75, 3.05) is 6.61 Å². The fourth-order valence-corrected chi connectivity index (χ4v) is 2.85. The summed E-state index contributed by atoms with van der Waals surface area (Å²) in [5.41, 5.74) is -0.729. The lowest BCUT2D eigenvalue weighted by molar-refractivity contribution is -0.137.